The summed E-state index contributed by atoms with van der Waals surface area (Å²) in [5.74, 6) is 0.245. The number of hydrogen-bond acceptors (Lipinski definition) is 4. The molecule has 0 saturated heterocycles. The first-order chi connectivity index (χ1) is 10.2. The van der Waals surface area contributed by atoms with E-state index in [2.05, 4.69) is 10.5 Å². The van der Waals surface area contributed by atoms with E-state index in [0.717, 1.165) is 17.4 Å². The Morgan fingerprint density at radius 3 is 2.67 bits per heavy atom. The second-order valence-corrected chi connectivity index (χ2v) is 4.88. The summed E-state index contributed by atoms with van der Waals surface area (Å²) >= 11 is 0. The first kappa shape index (κ1) is 13.4. The number of phenols is 1. The van der Waals surface area contributed by atoms with Crippen LogP contribution in [0.2, 0.25) is 0 Å². The van der Waals surface area contributed by atoms with Crippen molar-refractivity contribution in [1.29, 1.82) is 0 Å². The predicted octanol–water partition coefficient (Wildman–Crippen LogP) is 2.98. The van der Waals surface area contributed by atoms with Gasteiger partial charge in [-0.05, 0) is 29.8 Å². The van der Waals surface area contributed by atoms with Crippen LogP contribution in [-0.4, -0.2) is 17.9 Å². The van der Waals surface area contributed by atoms with Crippen molar-refractivity contribution in [2.75, 3.05) is 7.11 Å². The zero-order valence-corrected chi connectivity index (χ0v) is 11.5. The van der Waals surface area contributed by atoms with Crippen LogP contribution in [0.5, 0.6) is 11.5 Å². The molecule has 1 unspecified atom stereocenters. The Bertz CT molecular complexity index is 683. The predicted molar refractivity (Wildman–Crippen MR) is 78.1 cm³/mol. The molecule has 2 aromatic carbocycles. The first-order valence-electron chi connectivity index (χ1n) is 6.62. The minimum absolute atomic E-state index is 0.0374. The fourth-order valence-corrected chi connectivity index (χ4v) is 2.39. The quantitative estimate of drug-likeness (QED) is 0.912. The zero-order valence-electron chi connectivity index (χ0n) is 11.5. The molecular formula is C16H15FN2O2. The van der Waals surface area contributed by atoms with E-state index in [4.69, 9.17) is 4.74 Å². The Hall–Kier alpha value is -2.56. The van der Waals surface area contributed by atoms with E-state index in [1.807, 2.05) is 24.3 Å². The number of methoxy groups -OCH3 is 1. The molecule has 4 nitrogen and oxygen atoms in total. The number of aromatic hydroxyl groups is 1. The third-order valence-corrected chi connectivity index (χ3v) is 3.54. The average molecular weight is 286 g/mol. The maximum Gasteiger partial charge on any atom is 0.127 e. The van der Waals surface area contributed by atoms with Gasteiger partial charge >= 0.3 is 0 Å². The van der Waals surface area contributed by atoms with E-state index in [1.54, 1.807) is 13.2 Å². The standard InChI is InChI=1S/C16H15FN2O2/c1-21-12-5-2-10(3-6-12)14-9-15(19-18-14)13-7-4-11(17)8-16(13)20/h2-8,14,18,20H,9H2,1H3. The molecular weight excluding hydrogens is 271 g/mol. The Labute approximate surface area is 121 Å². The van der Waals surface area contributed by atoms with Gasteiger partial charge < -0.3 is 15.3 Å². The van der Waals surface area contributed by atoms with Crippen molar-refractivity contribution in [3.05, 3.63) is 59.4 Å². The number of hydrazone groups is 1. The van der Waals surface area contributed by atoms with E-state index in [1.165, 1.54) is 6.07 Å². The van der Waals surface area contributed by atoms with Crippen LogP contribution in [0.4, 0.5) is 4.39 Å². The van der Waals surface area contributed by atoms with Gasteiger partial charge in [0.05, 0.1) is 18.9 Å². The smallest absolute Gasteiger partial charge is 0.127 e. The molecule has 0 radical (unpaired) electrons. The van der Waals surface area contributed by atoms with Gasteiger partial charge in [0.1, 0.15) is 17.3 Å². The summed E-state index contributed by atoms with van der Waals surface area (Å²) in [5.41, 5.74) is 5.39. The summed E-state index contributed by atoms with van der Waals surface area (Å²) in [6.45, 7) is 0. The number of phenolic OH excluding ortho intramolecular Hbond substituents is 1. The largest absolute Gasteiger partial charge is 0.507 e. The molecule has 0 amide bonds. The van der Waals surface area contributed by atoms with Gasteiger partial charge in [-0.15, -0.1) is 0 Å². The molecule has 0 bridgehead atoms. The minimum atomic E-state index is -0.463. The number of hydrogen-bond donors (Lipinski definition) is 2. The van der Waals surface area contributed by atoms with Gasteiger partial charge in [-0.3, -0.25) is 0 Å². The van der Waals surface area contributed by atoms with Gasteiger partial charge in [-0.1, -0.05) is 12.1 Å². The van der Waals surface area contributed by atoms with Crippen LogP contribution in [0, 0.1) is 5.82 Å². The summed E-state index contributed by atoms with van der Waals surface area (Å²) < 4.78 is 18.2. The van der Waals surface area contributed by atoms with Crippen LogP contribution in [0.25, 0.3) is 0 Å². The lowest BCUT2D eigenvalue weighted by molar-refractivity contribution is 0.414. The number of benzene rings is 2. The number of nitrogens with zero attached hydrogens (tertiary/aromatic N) is 1. The topological polar surface area (TPSA) is 53.9 Å². The lowest BCUT2D eigenvalue weighted by atomic mass is 9.98. The Morgan fingerprint density at radius 1 is 1.24 bits per heavy atom. The van der Waals surface area contributed by atoms with Gasteiger partial charge in [0.25, 0.3) is 0 Å². The van der Waals surface area contributed by atoms with Crippen LogP contribution in [0.15, 0.2) is 47.6 Å². The number of rotatable bonds is 3. The summed E-state index contributed by atoms with van der Waals surface area (Å²) in [6, 6.07) is 11.7. The van der Waals surface area contributed by atoms with Crippen molar-refractivity contribution in [2.24, 2.45) is 5.10 Å². The zero-order chi connectivity index (χ0) is 14.8. The van der Waals surface area contributed by atoms with Gasteiger partial charge in [-0.25, -0.2) is 4.39 Å². The molecule has 1 atom stereocenters. The number of halogens is 1. The Morgan fingerprint density at radius 2 is 2.00 bits per heavy atom. The maximum atomic E-state index is 13.0. The highest BCUT2D eigenvalue weighted by Gasteiger charge is 2.23. The van der Waals surface area contributed by atoms with Crippen LogP contribution in [0.1, 0.15) is 23.6 Å². The third-order valence-electron chi connectivity index (χ3n) is 3.54. The van der Waals surface area contributed by atoms with Crippen LogP contribution < -0.4 is 10.2 Å². The fraction of sp³-hybridized carbons (Fsp3) is 0.188. The van der Waals surface area contributed by atoms with Crippen molar-refractivity contribution < 1.29 is 14.2 Å². The molecule has 1 aliphatic heterocycles. The molecule has 108 valence electrons. The van der Waals surface area contributed by atoms with Crippen LogP contribution in [0.3, 0.4) is 0 Å². The fourth-order valence-electron chi connectivity index (χ4n) is 2.39. The Balaban J connectivity index is 1.77. The molecule has 3 rings (SSSR count). The lowest BCUT2D eigenvalue weighted by Gasteiger charge is -2.11. The van der Waals surface area contributed by atoms with E-state index in [9.17, 15) is 9.50 Å². The van der Waals surface area contributed by atoms with Crippen molar-refractivity contribution in [3.63, 3.8) is 0 Å². The van der Waals surface area contributed by atoms with Crippen molar-refractivity contribution in [3.8, 4) is 11.5 Å². The molecule has 1 aliphatic rings. The molecule has 0 spiro atoms. The lowest BCUT2D eigenvalue weighted by Crippen LogP contribution is -2.09. The monoisotopic (exact) mass is 286 g/mol. The minimum Gasteiger partial charge on any atom is -0.507 e. The first-order valence-corrected chi connectivity index (χ1v) is 6.62. The van der Waals surface area contributed by atoms with Crippen molar-refractivity contribution >= 4 is 5.71 Å². The summed E-state index contributed by atoms with van der Waals surface area (Å²) in [7, 11) is 1.63. The molecule has 2 N–H and O–H groups in total. The normalized spacial score (nSPS) is 17.2. The third kappa shape index (κ3) is 2.67. The van der Waals surface area contributed by atoms with Gasteiger partial charge in [0, 0.05) is 18.1 Å². The summed E-state index contributed by atoms with van der Waals surface area (Å²) in [5, 5.41) is 14.1. The molecule has 0 aliphatic carbocycles. The molecule has 0 saturated carbocycles. The van der Waals surface area contributed by atoms with Crippen molar-refractivity contribution in [2.45, 2.75) is 12.5 Å². The molecule has 5 heteroatoms. The van der Waals surface area contributed by atoms with Crippen LogP contribution in [-0.2, 0) is 0 Å². The van der Waals surface area contributed by atoms with E-state index < -0.39 is 5.82 Å². The number of nitrogens with one attached hydrogen (secondary N) is 1. The van der Waals surface area contributed by atoms with Crippen molar-refractivity contribution in [1.82, 2.24) is 5.43 Å². The van der Waals surface area contributed by atoms with Gasteiger partial charge in [0.15, 0.2) is 0 Å². The second kappa shape index (κ2) is 5.44. The summed E-state index contributed by atoms with van der Waals surface area (Å²) in [6.07, 6.45) is 0.630. The molecule has 0 aromatic heterocycles. The second-order valence-electron chi connectivity index (χ2n) is 4.88. The van der Waals surface area contributed by atoms with Gasteiger partial charge in [0.2, 0.25) is 0 Å². The molecule has 21 heavy (non-hydrogen) atoms. The molecule has 2 aromatic rings. The van der Waals surface area contributed by atoms with E-state index in [0.29, 0.717) is 17.7 Å². The summed E-state index contributed by atoms with van der Waals surface area (Å²) in [4.78, 5) is 0. The van der Waals surface area contributed by atoms with Crippen LogP contribution >= 0.6 is 0 Å². The maximum absolute atomic E-state index is 13.0. The van der Waals surface area contributed by atoms with E-state index >= 15 is 0 Å². The number of ether oxygens (including phenoxy) is 1. The highest BCUT2D eigenvalue weighted by atomic mass is 19.1. The molecule has 0 fully saturated rings. The SMILES string of the molecule is COc1ccc(C2CC(c3ccc(F)cc3O)=NN2)cc1. The average Bonchev–Trinajstić information content (AvgIpc) is 2.97. The highest BCUT2D eigenvalue weighted by Crippen LogP contribution is 2.29. The Kier molecular flexibility index (Phi) is 3.48. The molecule has 1 heterocycles. The van der Waals surface area contributed by atoms with Gasteiger partial charge in [-0.2, -0.15) is 5.10 Å². The van der Waals surface area contributed by atoms with E-state index in [-0.39, 0.29) is 11.8 Å². The highest BCUT2D eigenvalue weighted by molar-refractivity contribution is 6.03.